The van der Waals surface area contributed by atoms with Crippen LogP contribution in [0, 0.1) is 5.92 Å². The molecule has 1 saturated heterocycles. The van der Waals surface area contributed by atoms with E-state index in [-0.39, 0.29) is 12.5 Å². The number of likely N-dealkylation sites (tertiary alicyclic amines) is 1. The first-order chi connectivity index (χ1) is 7.15. The van der Waals surface area contributed by atoms with Crippen molar-refractivity contribution in [3.63, 3.8) is 0 Å². The Kier molecular flexibility index (Phi) is 5.26. The third-order valence-corrected chi connectivity index (χ3v) is 3.20. The van der Waals surface area contributed by atoms with E-state index in [1.165, 1.54) is 12.8 Å². The molecule has 0 spiro atoms. The minimum absolute atomic E-state index is 0.143. The predicted octanol–water partition coefficient (Wildman–Crippen LogP) is 1.45. The number of carbonyl (C=O) groups is 1. The topological polar surface area (TPSA) is 40.5 Å². The van der Waals surface area contributed by atoms with Gasteiger partial charge in [-0.25, -0.2) is 0 Å². The first kappa shape index (κ1) is 12.7. The van der Waals surface area contributed by atoms with Gasteiger partial charge in [0.05, 0.1) is 6.54 Å². The predicted molar refractivity (Wildman–Crippen MR) is 60.8 cm³/mol. The van der Waals surface area contributed by atoms with Crippen LogP contribution in [0.2, 0.25) is 0 Å². The Labute approximate surface area is 92.5 Å². The maximum absolute atomic E-state index is 11.6. The van der Waals surface area contributed by atoms with E-state index in [0.29, 0.717) is 18.4 Å². The summed E-state index contributed by atoms with van der Waals surface area (Å²) < 4.78 is 0. The van der Waals surface area contributed by atoms with Gasteiger partial charge in [0.25, 0.3) is 0 Å². The fraction of sp³-hybridized carbons (Fsp3) is 0.917. The van der Waals surface area contributed by atoms with Crippen LogP contribution in [-0.2, 0) is 4.79 Å². The van der Waals surface area contributed by atoms with Crippen molar-refractivity contribution >= 4 is 5.78 Å². The lowest BCUT2D eigenvalue weighted by atomic mass is 10.1. The highest BCUT2D eigenvalue weighted by atomic mass is 16.2. The molecule has 1 aliphatic heterocycles. The smallest absolute Gasteiger partial charge is 0.149 e. The first-order valence-corrected chi connectivity index (χ1v) is 6.02. The van der Waals surface area contributed by atoms with Crippen LogP contribution in [0.4, 0.5) is 0 Å². The summed E-state index contributed by atoms with van der Waals surface area (Å²) in [4.78, 5) is 13.9. The Morgan fingerprint density at radius 3 is 2.87 bits per heavy atom. The molecule has 0 aromatic rings. The molecule has 0 saturated carbocycles. The maximum Gasteiger partial charge on any atom is 0.149 e. The van der Waals surface area contributed by atoms with Crippen LogP contribution < -0.4 is 0 Å². The van der Waals surface area contributed by atoms with Crippen LogP contribution in [0.15, 0.2) is 0 Å². The van der Waals surface area contributed by atoms with Crippen molar-refractivity contribution in [2.45, 2.75) is 45.6 Å². The lowest BCUT2D eigenvalue weighted by molar-refractivity contribution is -0.123. The average molecular weight is 213 g/mol. The van der Waals surface area contributed by atoms with E-state index in [4.69, 9.17) is 5.11 Å². The standard InChI is InChI=1S/C12H23NO2/c1-10(2)12(15)9-13-7-3-5-11(13)6-4-8-14/h10-11,14H,3-9H2,1-2H3. The van der Waals surface area contributed by atoms with Gasteiger partial charge in [-0.1, -0.05) is 13.8 Å². The average Bonchev–Trinajstić information content (AvgIpc) is 2.62. The number of hydrogen-bond acceptors (Lipinski definition) is 3. The molecule has 1 rings (SSSR count). The van der Waals surface area contributed by atoms with Gasteiger partial charge < -0.3 is 5.11 Å². The van der Waals surface area contributed by atoms with Gasteiger partial charge in [-0.2, -0.15) is 0 Å². The highest BCUT2D eigenvalue weighted by molar-refractivity contribution is 5.82. The second kappa shape index (κ2) is 6.23. The molecule has 0 radical (unpaired) electrons. The van der Waals surface area contributed by atoms with E-state index in [0.717, 1.165) is 19.4 Å². The van der Waals surface area contributed by atoms with Gasteiger partial charge in [-0.15, -0.1) is 0 Å². The van der Waals surface area contributed by atoms with E-state index in [1.54, 1.807) is 0 Å². The molecule has 0 amide bonds. The zero-order valence-electron chi connectivity index (χ0n) is 9.91. The summed E-state index contributed by atoms with van der Waals surface area (Å²) in [6.45, 7) is 5.84. The normalized spacial score (nSPS) is 22.5. The second-order valence-electron chi connectivity index (χ2n) is 4.75. The summed E-state index contributed by atoms with van der Waals surface area (Å²) in [7, 11) is 0. The van der Waals surface area contributed by atoms with E-state index in [1.807, 2.05) is 13.8 Å². The summed E-state index contributed by atoms with van der Waals surface area (Å²) in [5.74, 6) is 0.481. The Morgan fingerprint density at radius 2 is 2.27 bits per heavy atom. The van der Waals surface area contributed by atoms with Crippen LogP contribution in [-0.4, -0.2) is 41.5 Å². The number of carbonyl (C=O) groups excluding carboxylic acids is 1. The molecule has 3 heteroatoms. The zero-order valence-corrected chi connectivity index (χ0v) is 9.91. The van der Waals surface area contributed by atoms with Crippen LogP contribution in [0.3, 0.4) is 0 Å². The molecule has 1 atom stereocenters. The van der Waals surface area contributed by atoms with E-state index in [2.05, 4.69) is 4.90 Å². The van der Waals surface area contributed by atoms with Crippen molar-refractivity contribution in [2.24, 2.45) is 5.92 Å². The first-order valence-electron chi connectivity index (χ1n) is 6.02. The third kappa shape index (κ3) is 3.92. The van der Waals surface area contributed by atoms with Gasteiger partial charge in [-0.3, -0.25) is 9.69 Å². The summed E-state index contributed by atoms with van der Waals surface area (Å²) in [6, 6.07) is 0.528. The molecular formula is C12H23NO2. The minimum atomic E-state index is 0.143. The molecule has 0 aromatic heterocycles. The van der Waals surface area contributed by atoms with Crippen LogP contribution in [0.1, 0.15) is 39.5 Å². The number of aliphatic hydroxyl groups is 1. The molecule has 88 valence electrons. The van der Waals surface area contributed by atoms with Crippen molar-refractivity contribution < 1.29 is 9.90 Å². The Balaban J connectivity index is 2.36. The Bertz CT molecular complexity index is 204. The van der Waals surface area contributed by atoms with Crippen molar-refractivity contribution in [3.8, 4) is 0 Å². The maximum atomic E-state index is 11.6. The number of Topliss-reactive ketones (excluding diaryl/α,β-unsaturated/α-hetero) is 1. The monoisotopic (exact) mass is 213 g/mol. The van der Waals surface area contributed by atoms with Gasteiger partial charge in [-0.05, 0) is 32.2 Å². The largest absolute Gasteiger partial charge is 0.396 e. The highest BCUT2D eigenvalue weighted by Gasteiger charge is 2.26. The van der Waals surface area contributed by atoms with E-state index >= 15 is 0 Å². The number of rotatable bonds is 6. The summed E-state index contributed by atoms with van der Waals surface area (Å²) >= 11 is 0. The Hall–Kier alpha value is -0.410. The number of hydrogen-bond donors (Lipinski definition) is 1. The van der Waals surface area contributed by atoms with Gasteiger partial charge in [0.2, 0.25) is 0 Å². The number of aliphatic hydroxyl groups excluding tert-OH is 1. The van der Waals surface area contributed by atoms with Crippen LogP contribution in [0.25, 0.3) is 0 Å². The Morgan fingerprint density at radius 1 is 1.53 bits per heavy atom. The minimum Gasteiger partial charge on any atom is -0.396 e. The summed E-state index contributed by atoms with van der Waals surface area (Å²) in [6.07, 6.45) is 4.27. The lowest BCUT2D eigenvalue weighted by Gasteiger charge is -2.24. The quantitative estimate of drug-likeness (QED) is 0.726. The van der Waals surface area contributed by atoms with Gasteiger partial charge in [0, 0.05) is 18.6 Å². The molecule has 3 nitrogen and oxygen atoms in total. The van der Waals surface area contributed by atoms with E-state index < -0.39 is 0 Å². The van der Waals surface area contributed by atoms with Gasteiger partial charge >= 0.3 is 0 Å². The summed E-state index contributed by atoms with van der Waals surface area (Å²) in [5.41, 5.74) is 0. The SMILES string of the molecule is CC(C)C(=O)CN1CCCC1CCCO. The summed E-state index contributed by atoms with van der Waals surface area (Å²) in [5, 5.41) is 8.80. The zero-order chi connectivity index (χ0) is 11.3. The van der Waals surface area contributed by atoms with Gasteiger partial charge in [0.15, 0.2) is 0 Å². The van der Waals surface area contributed by atoms with Crippen molar-refractivity contribution in [2.75, 3.05) is 19.7 Å². The molecular weight excluding hydrogens is 190 g/mol. The molecule has 1 fully saturated rings. The number of nitrogens with zero attached hydrogens (tertiary/aromatic N) is 1. The number of ketones is 1. The fourth-order valence-electron chi connectivity index (χ4n) is 2.14. The van der Waals surface area contributed by atoms with Crippen molar-refractivity contribution in [3.05, 3.63) is 0 Å². The third-order valence-electron chi connectivity index (χ3n) is 3.20. The van der Waals surface area contributed by atoms with E-state index in [9.17, 15) is 4.79 Å². The molecule has 1 aliphatic rings. The highest BCUT2D eigenvalue weighted by Crippen LogP contribution is 2.21. The molecule has 1 heterocycles. The molecule has 1 unspecified atom stereocenters. The lowest BCUT2D eigenvalue weighted by Crippen LogP contribution is -2.35. The molecule has 0 aromatic carbocycles. The van der Waals surface area contributed by atoms with Gasteiger partial charge in [0.1, 0.15) is 5.78 Å². The van der Waals surface area contributed by atoms with Crippen LogP contribution in [0.5, 0.6) is 0 Å². The molecule has 1 N–H and O–H groups in total. The molecule has 15 heavy (non-hydrogen) atoms. The van der Waals surface area contributed by atoms with Crippen molar-refractivity contribution in [1.29, 1.82) is 0 Å². The molecule has 0 bridgehead atoms. The fourth-order valence-corrected chi connectivity index (χ4v) is 2.14. The molecule has 0 aliphatic carbocycles. The second-order valence-corrected chi connectivity index (χ2v) is 4.75. The van der Waals surface area contributed by atoms with Crippen molar-refractivity contribution in [1.82, 2.24) is 4.90 Å². The van der Waals surface area contributed by atoms with Crippen LogP contribution >= 0.6 is 0 Å².